The predicted octanol–water partition coefficient (Wildman–Crippen LogP) is 2.97. The monoisotopic (exact) mass is 440 g/mol. The molecule has 1 aliphatic rings. The van der Waals surface area contributed by atoms with E-state index in [1.54, 1.807) is 6.92 Å². The lowest BCUT2D eigenvalue weighted by Gasteiger charge is -2.31. The van der Waals surface area contributed by atoms with Crippen molar-refractivity contribution in [2.45, 2.75) is 89.6 Å². The summed E-state index contributed by atoms with van der Waals surface area (Å²) in [5.41, 5.74) is 0. The fraction of sp³-hybridized carbons (Fsp3) is 0.833. The molecule has 11 heteroatoms. The fourth-order valence-corrected chi connectivity index (χ4v) is 4.14. The molecule has 1 aliphatic heterocycles. The Balaban J connectivity index is 2.46. The minimum atomic E-state index is -4.90. The zero-order valence-electron chi connectivity index (χ0n) is 17.0. The first-order valence-electron chi connectivity index (χ1n) is 9.94. The van der Waals surface area contributed by atoms with Crippen LogP contribution in [-0.2, 0) is 23.1 Å². The van der Waals surface area contributed by atoms with Crippen molar-refractivity contribution >= 4 is 13.8 Å². The van der Waals surface area contributed by atoms with Crippen molar-refractivity contribution in [3.63, 3.8) is 0 Å². The van der Waals surface area contributed by atoms with Crippen LogP contribution >= 0.6 is 7.82 Å². The maximum absolute atomic E-state index is 12.2. The van der Waals surface area contributed by atoms with Crippen molar-refractivity contribution in [3.8, 4) is 0 Å². The number of aliphatic hydroxyl groups is 4. The molecule has 5 N–H and O–H groups in total. The molecule has 0 saturated carbocycles. The number of phosphoric acid groups is 1. The number of aliphatic hydroxyl groups excluding tert-OH is 3. The highest BCUT2D eigenvalue weighted by Gasteiger charge is 2.53. The highest BCUT2D eigenvalue weighted by molar-refractivity contribution is 7.47. The quantitative estimate of drug-likeness (QED) is 0.111. The van der Waals surface area contributed by atoms with Gasteiger partial charge in [-0.2, -0.15) is 0 Å². The molecule has 2 unspecified atom stereocenters. The van der Waals surface area contributed by atoms with Gasteiger partial charge < -0.3 is 30.1 Å². The summed E-state index contributed by atoms with van der Waals surface area (Å²) in [5.74, 6) is -6.67. The summed E-state index contributed by atoms with van der Waals surface area (Å²) in [6.07, 6.45) is 6.52. The first-order valence-corrected chi connectivity index (χ1v) is 11.4. The number of ether oxygens (including phenoxy) is 1. The Morgan fingerprint density at radius 1 is 1.14 bits per heavy atom. The fourth-order valence-electron chi connectivity index (χ4n) is 2.98. The second kappa shape index (κ2) is 11.9. The Bertz CT molecular complexity index is 607. The van der Waals surface area contributed by atoms with E-state index in [2.05, 4.69) is 16.2 Å². The van der Waals surface area contributed by atoms with Gasteiger partial charge in [0, 0.05) is 0 Å². The lowest BCUT2D eigenvalue weighted by atomic mass is 10.1. The van der Waals surface area contributed by atoms with Gasteiger partial charge in [-0.25, -0.2) is 13.9 Å². The Kier molecular flexibility index (Phi) is 10.6. The molecule has 0 amide bonds. The third kappa shape index (κ3) is 8.24. The number of phosphoric ester groups is 1. The van der Waals surface area contributed by atoms with E-state index in [4.69, 9.17) is 4.52 Å². The summed E-state index contributed by atoms with van der Waals surface area (Å²) in [5, 5.41) is 38.5. The lowest BCUT2D eigenvalue weighted by Crippen LogP contribution is -2.49. The second-order valence-electron chi connectivity index (χ2n) is 7.26. The molecule has 29 heavy (non-hydrogen) atoms. The molecular formula is C18H33O10P. The zero-order chi connectivity index (χ0) is 22.1. The van der Waals surface area contributed by atoms with Gasteiger partial charge in [0.2, 0.25) is 17.7 Å². The van der Waals surface area contributed by atoms with E-state index < -0.39 is 49.9 Å². The van der Waals surface area contributed by atoms with Crippen molar-refractivity contribution < 1.29 is 48.5 Å². The van der Waals surface area contributed by atoms with Crippen LogP contribution in [0.1, 0.15) is 71.6 Å². The van der Waals surface area contributed by atoms with Crippen molar-refractivity contribution in [1.82, 2.24) is 0 Å². The molecule has 0 bridgehead atoms. The largest absolute Gasteiger partial charge is 0.505 e. The molecule has 1 rings (SSSR count). The summed E-state index contributed by atoms with van der Waals surface area (Å²) >= 11 is 0. The second-order valence-corrected chi connectivity index (χ2v) is 8.59. The van der Waals surface area contributed by atoms with Crippen molar-refractivity contribution in [1.29, 1.82) is 0 Å². The van der Waals surface area contributed by atoms with E-state index in [0.717, 1.165) is 25.7 Å². The third-order valence-corrected chi connectivity index (χ3v) is 5.77. The van der Waals surface area contributed by atoms with Crippen LogP contribution in [0.15, 0.2) is 11.5 Å². The summed E-state index contributed by atoms with van der Waals surface area (Å²) < 4.78 is 26.2. The Morgan fingerprint density at radius 3 is 2.17 bits per heavy atom. The molecule has 0 fully saturated rings. The number of esters is 1. The molecule has 0 aromatic rings. The first-order chi connectivity index (χ1) is 13.6. The van der Waals surface area contributed by atoms with Crippen LogP contribution in [-0.4, -0.2) is 55.9 Å². The number of cyclic esters (lactones) is 1. The van der Waals surface area contributed by atoms with Crippen LogP contribution in [0.4, 0.5) is 0 Å². The van der Waals surface area contributed by atoms with Crippen LogP contribution in [0.5, 0.6) is 0 Å². The van der Waals surface area contributed by atoms with Gasteiger partial charge in [0.05, 0.1) is 6.10 Å². The van der Waals surface area contributed by atoms with Crippen molar-refractivity contribution in [2.75, 3.05) is 6.61 Å². The predicted molar refractivity (Wildman–Crippen MR) is 103 cm³/mol. The summed E-state index contributed by atoms with van der Waals surface area (Å²) in [4.78, 5) is 21.1. The molecular weight excluding hydrogens is 407 g/mol. The molecule has 170 valence electrons. The smallest absolute Gasteiger partial charge is 0.475 e. The van der Waals surface area contributed by atoms with Gasteiger partial charge in [-0.1, -0.05) is 58.3 Å². The summed E-state index contributed by atoms with van der Waals surface area (Å²) in [6.45, 7) is 2.41. The van der Waals surface area contributed by atoms with E-state index in [9.17, 15) is 34.7 Å². The molecule has 0 aromatic carbocycles. The topological polar surface area (TPSA) is 163 Å². The van der Waals surface area contributed by atoms with Crippen LogP contribution in [0.25, 0.3) is 0 Å². The first kappa shape index (κ1) is 25.9. The van der Waals surface area contributed by atoms with E-state index >= 15 is 0 Å². The molecule has 0 spiro atoms. The molecule has 0 aliphatic carbocycles. The van der Waals surface area contributed by atoms with Crippen molar-refractivity contribution in [2.24, 2.45) is 0 Å². The zero-order valence-corrected chi connectivity index (χ0v) is 17.8. The SMILES string of the molecule is CCCCCCCCCCC(C)OP(=O)(O)O[C@](O)(CO)[C@H]1OC(=O)C(O)=C1O. The number of unbranched alkanes of at least 4 members (excludes halogenated alkanes) is 7. The molecule has 0 saturated heterocycles. The Morgan fingerprint density at radius 2 is 1.69 bits per heavy atom. The number of carbonyl (C=O) groups is 1. The number of hydrogen-bond donors (Lipinski definition) is 5. The molecule has 1 heterocycles. The molecule has 10 nitrogen and oxygen atoms in total. The summed E-state index contributed by atoms with van der Waals surface area (Å²) in [7, 11) is -4.90. The Labute approximate surface area is 170 Å². The van der Waals surface area contributed by atoms with Crippen LogP contribution < -0.4 is 0 Å². The molecule has 0 radical (unpaired) electrons. The van der Waals surface area contributed by atoms with Crippen LogP contribution in [0.2, 0.25) is 0 Å². The molecule has 0 aromatic heterocycles. The standard InChI is InChI=1S/C18H33O10P/c1-3-4-5-6-7-8-9-10-11-13(2)27-29(24,25)28-18(23,12-19)16-14(20)15(21)17(22)26-16/h13,16,19-21,23H,3-12H2,1-2H3,(H,24,25)/t13?,16-,18+/m0/s1. The number of carbonyl (C=O) groups excluding carboxylic acids is 1. The highest BCUT2D eigenvalue weighted by Crippen LogP contribution is 2.50. The minimum Gasteiger partial charge on any atom is -0.505 e. The van der Waals surface area contributed by atoms with E-state index in [-0.39, 0.29) is 0 Å². The number of rotatable bonds is 15. The number of hydrogen-bond acceptors (Lipinski definition) is 9. The van der Waals surface area contributed by atoms with E-state index in [1.165, 1.54) is 25.7 Å². The minimum absolute atomic E-state index is 0.477. The van der Waals surface area contributed by atoms with Crippen molar-refractivity contribution in [3.05, 3.63) is 11.5 Å². The van der Waals surface area contributed by atoms with Gasteiger partial charge in [-0.3, -0.25) is 4.52 Å². The maximum Gasteiger partial charge on any atom is 0.475 e. The average Bonchev–Trinajstić information content (AvgIpc) is 2.91. The third-order valence-electron chi connectivity index (χ3n) is 4.60. The van der Waals surface area contributed by atoms with Gasteiger partial charge in [0.15, 0.2) is 5.76 Å². The lowest BCUT2D eigenvalue weighted by molar-refractivity contribution is -0.234. The van der Waals surface area contributed by atoms with Crippen LogP contribution in [0, 0.1) is 0 Å². The average molecular weight is 440 g/mol. The van der Waals surface area contributed by atoms with Crippen LogP contribution in [0.3, 0.4) is 0 Å². The van der Waals surface area contributed by atoms with E-state index in [1.807, 2.05) is 0 Å². The van der Waals surface area contributed by atoms with Gasteiger partial charge in [-0.05, 0) is 13.3 Å². The van der Waals surface area contributed by atoms with E-state index in [0.29, 0.717) is 6.42 Å². The van der Waals surface area contributed by atoms with Gasteiger partial charge in [0.1, 0.15) is 6.61 Å². The maximum atomic E-state index is 12.2. The highest BCUT2D eigenvalue weighted by atomic mass is 31.2. The normalized spacial score (nSPS) is 22.2. The summed E-state index contributed by atoms with van der Waals surface area (Å²) in [6, 6.07) is 0. The van der Waals surface area contributed by atoms with Gasteiger partial charge >= 0.3 is 13.8 Å². The van der Waals surface area contributed by atoms with Gasteiger partial charge in [-0.15, -0.1) is 0 Å². The molecule has 4 atom stereocenters. The van der Waals surface area contributed by atoms with Gasteiger partial charge in [0.25, 0.3) is 0 Å². The Hall–Kier alpha value is -1.16.